The number of phosphoric acid groups is 4. The van der Waals surface area contributed by atoms with Crippen LogP contribution in [0.1, 0.15) is 104 Å². The van der Waals surface area contributed by atoms with Gasteiger partial charge in [-0.1, -0.05) is 89.9 Å². The molecule has 0 aromatic heterocycles. The van der Waals surface area contributed by atoms with Gasteiger partial charge in [-0.15, -0.1) is 0 Å². The second-order valence-electron chi connectivity index (χ2n) is 13.8. The molecule has 0 radical (unpaired) electrons. The lowest BCUT2D eigenvalue weighted by Gasteiger charge is -2.45. The molecule has 26 heteroatoms. The Morgan fingerprint density at radius 2 is 0.923 bits per heavy atom. The van der Waals surface area contributed by atoms with Gasteiger partial charge in [0, 0.05) is 12.3 Å². The maximum atomic E-state index is 13.2. The molecule has 9 N–H and O–H groups in total. The van der Waals surface area contributed by atoms with Crippen LogP contribution in [0.2, 0.25) is 0 Å². The van der Waals surface area contributed by atoms with Gasteiger partial charge in [-0.3, -0.25) is 27.4 Å². The van der Waals surface area contributed by atoms with Gasteiger partial charge in [0.05, 0.1) is 6.61 Å². The van der Waals surface area contributed by atoms with Crippen LogP contribution in [0.4, 0.5) is 0 Å². The highest BCUT2D eigenvalue weighted by molar-refractivity contribution is 7.47. The van der Waals surface area contributed by atoms with Gasteiger partial charge in [0.15, 0.2) is 6.10 Å². The highest BCUT2D eigenvalue weighted by atomic mass is 31.2. The lowest BCUT2D eigenvalue weighted by atomic mass is 9.85. The summed E-state index contributed by atoms with van der Waals surface area (Å²) >= 11 is 0. The zero-order valence-corrected chi connectivity index (χ0v) is 39.1. The normalized spacial score (nSPS) is 20.6. The second-order valence-corrected chi connectivity index (χ2v) is 18.8. The summed E-state index contributed by atoms with van der Waals surface area (Å²) in [5, 5.41) is 21.7. The van der Waals surface area contributed by atoms with Crippen LogP contribution in [0.3, 0.4) is 0 Å². The molecule has 1 aliphatic rings. The first kappa shape index (κ1) is 59.7. The van der Waals surface area contributed by atoms with Gasteiger partial charge in [-0.25, -0.2) is 23.1 Å². The fraction of sp³-hybridized carbons (Fsp3) is 0.641. The van der Waals surface area contributed by atoms with E-state index in [1.54, 1.807) is 6.92 Å². The van der Waals surface area contributed by atoms with E-state index in [-0.39, 0.29) is 6.42 Å². The SMILES string of the molecule is CC#CC#CC#CC#CC#CC#CC(=O)OC[C@H](COP(=O)(O)OC1C(O)[C@H](OP(=O)(O)O)[C@H](OP(=O)(O)O)C(OP(=O)(O)O)[C@@H]1O)OC(=O)CCCCCCCCCCCCCCC. The number of hydrogen-bond donors (Lipinski definition) is 9. The molecule has 0 aromatic rings. The Labute approximate surface area is 377 Å². The summed E-state index contributed by atoms with van der Waals surface area (Å²) in [6.07, 6.45) is -4.98. The summed E-state index contributed by atoms with van der Waals surface area (Å²) < 4.78 is 81.1. The van der Waals surface area contributed by atoms with E-state index >= 15 is 0 Å². The molecule has 65 heavy (non-hydrogen) atoms. The van der Waals surface area contributed by atoms with Crippen molar-refractivity contribution in [2.45, 2.75) is 146 Å². The zero-order valence-electron chi connectivity index (χ0n) is 35.5. The zero-order chi connectivity index (χ0) is 48.9. The molecule has 1 fully saturated rings. The molecule has 0 aromatic carbocycles. The molecule has 0 heterocycles. The van der Waals surface area contributed by atoms with Crippen LogP contribution in [0.5, 0.6) is 0 Å². The average Bonchev–Trinajstić information content (AvgIpc) is 3.20. The fourth-order valence-corrected chi connectivity index (χ4v) is 8.38. The van der Waals surface area contributed by atoms with Crippen molar-refractivity contribution >= 4 is 43.2 Å². The highest BCUT2D eigenvalue weighted by Crippen LogP contribution is 2.53. The molecule has 0 saturated heterocycles. The van der Waals surface area contributed by atoms with Gasteiger partial charge in [-0.05, 0) is 72.5 Å². The highest BCUT2D eigenvalue weighted by Gasteiger charge is 2.59. The van der Waals surface area contributed by atoms with Crippen molar-refractivity contribution in [1.82, 2.24) is 0 Å². The molecule has 0 aliphatic heterocycles. The molecule has 0 amide bonds. The van der Waals surface area contributed by atoms with E-state index in [1.807, 2.05) is 5.92 Å². The molecule has 8 atom stereocenters. The van der Waals surface area contributed by atoms with Crippen molar-refractivity contribution in [3.63, 3.8) is 0 Å². The van der Waals surface area contributed by atoms with Crippen LogP contribution in [-0.4, -0.2) is 112 Å². The van der Waals surface area contributed by atoms with E-state index in [9.17, 15) is 72.3 Å². The summed E-state index contributed by atoms with van der Waals surface area (Å²) in [6, 6.07) is 0. The molecule has 22 nitrogen and oxygen atoms in total. The largest absolute Gasteiger partial charge is 0.472 e. The van der Waals surface area contributed by atoms with Crippen LogP contribution >= 0.6 is 31.3 Å². The summed E-state index contributed by atoms with van der Waals surface area (Å²) in [5.74, 6) is 26.0. The van der Waals surface area contributed by atoms with E-state index in [1.165, 1.54) is 38.5 Å². The Balaban J connectivity index is 3.12. The summed E-state index contributed by atoms with van der Waals surface area (Å²) in [4.78, 5) is 91.9. The predicted molar refractivity (Wildman–Crippen MR) is 227 cm³/mol. The molecular formula is C39H54O22P4. The number of unbranched alkanes of at least 4 members (excludes halogenated alkanes) is 12. The number of aliphatic hydroxyl groups excluding tert-OH is 2. The number of ether oxygens (including phenoxy) is 2. The van der Waals surface area contributed by atoms with Crippen molar-refractivity contribution < 1.29 is 104 Å². The number of carbonyl (C=O) groups is 2. The van der Waals surface area contributed by atoms with Crippen LogP contribution in [-0.2, 0) is 59.9 Å². The molecule has 0 bridgehead atoms. The maximum absolute atomic E-state index is 13.2. The molecule has 1 saturated carbocycles. The Morgan fingerprint density at radius 1 is 0.523 bits per heavy atom. The van der Waals surface area contributed by atoms with E-state index in [4.69, 9.17) is 18.5 Å². The predicted octanol–water partition coefficient (Wildman–Crippen LogP) is 2.63. The molecule has 362 valence electrons. The number of aliphatic hydroxyl groups is 2. The standard InChI is InChI=1S/C39H54O22P4/c1-3-5-7-9-11-13-15-16-18-20-22-24-26-28-33(41)57-31(29-55-32(40)27-25-23-21-19-17-14-12-10-8-6-4-2)30-56-65(53,54)61-36-34(42)37(58-62(44,45)46)39(60-64(50,51)52)38(35(36)43)59-63(47,48)49/h31,34-39,42-43H,3,5,7,9,11,13,15-16,18,20,22,24,26,28-30H2,1-2H3,(H,53,54)(H2,44,45,46)(H2,47,48,49)(H2,50,51,52)/t31-,34-,35?,36?,37?,38+,39-/m1/s1. The minimum Gasteiger partial charge on any atom is -0.456 e. The van der Waals surface area contributed by atoms with Crippen molar-refractivity contribution in [3.05, 3.63) is 0 Å². The Morgan fingerprint density at radius 3 is 1.35 bits per heavy atom. The van der Waals surface area contributed by atoms with Crippen molar-refractivity contribution in [2.24, 2.45) is 0 Å². The maximum Gasteiger partial charge on any atom is 0.472 e. The molecule has 4 unspecified atom stereocenters. The first-order valence-corrected chi connectivity index (χ1v) is 26.1. The summed E-state index contributed by atoms with van der Waals surface area (Å²) in [6.45, 7) is 1.80. The van der Waals surface area contributed by atoms with Crippen LogP contribution in [0.15, 0.2) is 0 Å². The van der Waals surface area contributed by atoms with E-state index in [2.05, 4.69) is 85.6 Å². The Hall–Kier alpha value is -3.34. The third kappa shape index (κ3) is 29.8. The van der Waals surface area contributed by atoms with Crippen molar-refractivity contribution in [3.8, 4) is 71.0 Å². The van der Waals surface area contributed by atoms with Gasteiger partial charge in [0.1, 0.15) is 43.2 Å². The molecule has 1 rings (SSSR count). The molecule has 0 spiro atoms. The van der Waals surface area contributed by atoms with E-state index in [0.29, 0.717) is 12.8 Å². The first-order valence-electron chi connectivity index (χ1n) is 20.0. The average molecular weight is 999 g/mol. The second kappa shape index (κ2) is 31.6. The fourth-order valence-electron chi connectivity index (χ4n) is 5.73. The number of esters is 2. The summed E-state index contributed by atoms with van der Waals surface area (Å²) in [5.41, 5.74) is 0. The van der Waals surface area contributed by atoms with Crippen molar-refractivity contribution in [1.29, 1.82) is 0 Å². The molecular weight excluding hydrogens is 944 g/mol. The Kier molecular flexibility index (Phi) is 29.0. The van der Waals surface area contributed by atoms with Gasteiger partial charge >= 0.3 is 43.2 Å². The number of phosphoric ester groups is 4. The third-order valence-electron chi connectivity index (χ3n) is 8.48. The van der Waals surface area contributed by atoms with E-state index in [0.717, 1.165) is 32.1 Å². The number of carbonyl (C=O) groups excluding carboxylic acids is 2. The van der Waals surface area contributed by atoms with Crippen molar-refractivity contribution in [2.75, 3.05) is 13.2 Å². The summed E-state index contributed by atoms with van der Waals surface area (Å²) in [7, 11) is -23.2. The van der Waals surface area contributed by atoms with Crippen LogP contribution in [0.25, 0.3) is 0 Å². The van der Waals surface area contributed by atoms with Gasteiger partial charge in [0.25, 0.3) is 0 Å². The minimum absolute atomic E-state index is 0.129. The smallest absolute Gasteiger partial charge is 0.456 e. The van der Waals surface area contributed by atoms with Gasteiger partial charge in [0.2, 0.25) is 0 Å². The lowest BCUT2D eigenvalue weighted by Crippen LogP contribution is -2.65. The third-order valence-corrected chi connectivity index (χ3v) is 11.0. The van der Waals surface area contributed by atoms with Crippen LogP contribution < -0.4 is 0 Å². The Bertz CT molecular complexity index is 2070. The number of rotatable bonds is 28. The molecule has 1 aliphatic carbocycles. The van der Waals surface area contributed by atoms with Crippen LogP contribution in [0, 0.1) is 71.0 Å². The van der Waals surface area contributed by atoms with Gasteiger partial charge in [-0.2, -0.15) is 0 Å². The first-order chi connectivity index (χ1) is 30.5. The van der Waals surface area contributed by atoms with Gasteiger partial charge < -0.3 is 53.9 Å². The van der Waals surface area contributed by atoms with E-state index < -0.39 is 99.2 Å². The minimum atomic E-state index is -5.82. The topological polar surface area (TPSA) is 349 Å². The monoisotopic (exact) mass is 998 g/mol. The quantitative estimate of drug-likeness (QED) is 0.0179. The lowest BCUT2D eigenvalue weighted by molar-refractivity contribution is -0.209. The number of hydrogen-bond acceptors (Lipinski definition) is 15.